The van der Waals surface area contributed by atoms with Gasteiger partial charge in [0.05, 0.1) is 0 Å². The fourth-order valence-electron chi connectivity index (χ4n) is 2.27. The highest BCUT2D eigenvalue weighted by Gasteiger charge is 2.15. The van der Waals surface area contributed by atoms with Crippen molar-refractivity contribution in [2.45, 2.75) is 31.7 Å². The Kier molecular flexibility index (Phi) is 6.52. The molecule has 2 rings (SSSR count). The average Bonchev–Trinajstić information content (AvgIpc) is 2.53. The van der Waals surface area contributed by atoms with Crippen LogP contribution in [0.3, 0.4) is 0 Å². The molecule has 0 saturated heterocycles. The molecule has 0 aliphatic carbocycles. The standard InChI is InChI=1S/C19H22N2O3S2/c1-13(2)20-19(25)21-17-11-10-16(18(12-17)26(22,23)24)9-8-15-6-4-14(3)5-7-15/h4-13H,1-3H3,(H2,20,21,25)(H,22,23,24)/b9-8+. The zero-order chi connectivity index (χ0) is 19.3. The summed E-state index contributed by atoms with van der Waals surface area (Å²) < 4.78 is 33.1. The van der Waals surface area contributed by atoms with E-state index in [2.05, 4.69) is 10.6 Å². The third-order valence-corrected chi connectivity index (χ3v) is 4.63. The molecule has 138 valence electrons. The summed E-state index contributed by atoms with van der Waals surface area (Å²) in [6.45, 7) is 5.88. The number of nitrogens with one attached hydrogen (secondary N) is 2. The third kappa shape index (κ3) is 5.94. The van der Waals surface area contributed by atoms with Gasteiger partial charge in [-0.3, -0.25) is 4.55 Å². The van der Waals surface area contributed by atoms with Crippen molar-refractivity contribution in [1.29, 1.82) is 0 Å². The van der Waals surface area contributed by atoms with Crippen LogP contribution in [0.5, 0.6) is 0 Å². The summed E-state index contributed by atoms with van der Waals surface area (Å²) >= 11 is 5.16. The van der Waals surface area contributed by atoms with Crippen LogP contribution in [0.2, 0.25) is 0 Å². The van der Waals surface area contributed by atoms with Crippen LogP contribution in [0, 0.1) is 6.92 Å². The molecule has 0 spiro atoms. The van der Waals surface area contributed by atoms with Crippen LogP contribution < -0.4 is 10.6 Å². The molecule has 0 amide bonds. The van der Waals surface area contributed by atoms with Gasteiger partial charge in [0.15, 0.2) is 5.11 Å². The Balaban J connectivity index is 2.31. The number of hydrogen-bond acceptors (Lipinski definition) is 3. The molecular weight excluding hydrogens is 368 g/mol. The molecular formula is C19H22N2O3S2. The Morgan fingerprint density at radius 3 is 2.35 bits per heavy atom. The molecule has 0 aliphatic rings. The van der Waals surface area contributed by atoms with E-state index in [1.807, 2.05) is 45.0 Å². The van der Waals surface area contributed by atoms with Crippen molar-refractivity contribution < 1.29 is 13.0 Å². The normalized spacial score (nSPS) is 11.7. The lowest BCUT2D eigenvalue weighted by molar-refractivity contribution is 0.483. The highest BCUT2D eigenvalue weighted by Crippen LogP contribution is 2.23. The van der Waals surface area contributed by atoms with Gasteiger partial charge in [-0.15, -0.1) is 0 Å². The minimum absolute atomic E-state index is 0.146. The maximum Gasteiger partial charge on any atom is 0.295 e. The molecule has 26 heavy (non-hydrogen) atoms. The Morgan fingerprint density at radius 2 is 1.77 bits per heavy atom. The monoisotopic (exact) mass is 390 g/mol. The SMILES string of the molecule is Cc1ccc(/C=C/c2ccc(NC(=S)NC(C)C)cc2S(=O)(=O)O)cc1. The molecule has 0 atom stereocenters. The first-order valence-corrected chi connectivity index (χ1v) is 9.94. The molecule has 2 aromatic carbocycles. The lowest BCUT2D eigenvalue weighted by Crippen LogP contribution is -2.33. The van der Waals surface area contributed by atoms with E-state index < -0.39 is 10.1 Å². The number of hydrogen-bond donors (Lipinski definition) is 3. The molecule has 0 fully saturated rings. The summed E-state index contributed by atoms with van der Waals surface area (Å²) in [7, 11) is -4.38. The molecule has 7 heteroatoms. The molecule has 5 nitrogen and oxygen atoms in total. The van der Waals surface area contributed by atoms with Crippen molar-refractivity contribution in [1.82, 2.24) is 5.32 Å². The van der Waals surface area contributed by atoms with Crippen molar-refractivity contribution in [3.05, 3.63) is 59.2 Å². The minimum Gasteiger partial charge on any atom is -0.360 e. The van der Waals surface area contributed by atoms with E-state index in [1.165, 1.54) is 6.07 Å². The largest absolute Gasteiger partial charge is 0.360 e. The van der Waals surface area contributed by atoms with E-state index in [4.69, 9.17) is 12.2 Å². The number of rotatable bonds is 5. The maximum absolute atomic E-state index is 11.8. The quantitative estimate of drug-likeness (QED) is 0.405. The highest BCUT2D eigenvalue weighted by molar-refractivity contribution is 7.86. The van der Waals surface area contributed by atoms with Crippen LogP contribution in [-0.2, 0) is 10.1 Å². The fraction of sp³-hybridized carbons (Fsp3) is 0.211. The highest BCUT2D eigenvalue weighted by atomic mass is 32.2. The van der Waals surface area contributed by atoms with Gasteiger partial charge in [-0.25, -0.2) is 0 Å². The predicted octanol–water partition coefficient (Wildman–Crippen LogP) is 4.11. The van der Waals surface area contributed by atoms with E-state index in [9.17, 15) is 13.0 Å². The lowest BCUT2D eigenvalue weighted by atomic mass is 10.1. The first-order chi connectivity index (χ1) is 12.1. The molecule has 0 aromatic heterocycles. The second-order valence-corrected chi connectivity index (χ2v) is 8.02. The number of aryl methyl sites for hydroxylation is 1. The molecule has 3 N–H and O–H groups in total. The first-order valence-electron chi connectivity index (χ1n) is 8.09. The number of anilines is 1. The first kappa shape index (κ1) is 20.1. The summed E-state index contributed by atoms with van der Waals surface area (Å²) in [5.74, 6) is 0. The van der Waals surface area contributed by atoms with Crippen molar-refractivity contribution in [3.63, 3.8) is 0 Å². The fourth-order valence-corrected chi connectivity index (χ4v) is 3.33. The Labute approximate surface area is 159 Å². The van der Waals surface area contributed by atoms with E-state index >= 15 is 0 Å². The van der Waals surface area contributed by atoms with Crippen LogP contribution >= 0.6 is 12.2 Å². The topological polar surface area (TPSA) is 78.4 Å². The summed E-state index contributed by atoms with van der Waals surface area (Å²) in [6.07, 6.45) is 3.45. The lowest BCUT2D eigenvalue weighted by Gasteiger charge is -2.14. The smallest absolute Gasteiger partial charge is 0.295 e. The van der Waals surface area contributed by atoms with E-state index in [0.29, 0.717) is 16.4 Å². The van der Waals surface area contributed by atoms with Crippen molar-refractivity contribution >= 4 is 45.3 Å². The summed E-state index contributed by atoms with van der Waals surface area (Å²) in [6, 6.07) is 12.6. The van der Waals surface area contributed by atoms with Gasteiger partial charge in [0.25, 0.3) is 10.1 Å². The van der Waals surface area contributed by atoms with E-state index in [0.717, 1.165) is 11.1 Å². The second kappa shape index (κ2) is 8.44. The summed E-state index contributed by atoms with van der Waals surface area (Å²) in [5, 5.41) is 6.30. The Morgan fingerprint density at radius 1 is 1.12 bits per heavy atom. The number of thiocarbonyl (C=S) groups is 1. The minimum atomic E-state index is -4.38. The van der Waals surface area contributed by atoms with E-state index in [-0.39, 0.29) is 10.9 Å². The van der Waals surface area contributed by atoms with Gasteiger partial charge >= 0.3 is 0 Å². The van der Waals surface area contributed by atoms with Gasteiger partial charge in [0, 0.05) is 11.7 Å². The van der Waals surface area contributed by atoms with E-state index in [1.54, 1.807) is 24.3 Å². The van der Waals surface area contributed by atoms with Crippen LogP contribution in [0.25, 0.3) is 12.2 Å². The Hall–Kier alpha value is -2.22. The molecule has 0 aliphatic heterocycles. The predicted molar refractivity (Wildman–Crippen MR) is 111 cm³/mol. The Bertz CT molecular complexity index is 918. The van der Waals surface area contributed by atoms with Crippen LogP contribution in [-0.4, -0.2) is 24.1 Å². The maximum atomic E-state index is 11.8. The molecule has 0 radical (unpaired) electrons. The van der Waals surface area contributed by atoms with Crippen molar-refractivity contribution in [3.8, 4) is 0 Å². The third-order valence-electron chi connectivity index (χ3n) is 3.50. The van der Waals surface area contributed by atoms with Gasteiger partial charge in [0.1, 0.15) is 4.90 Å². The van der Waals surface area contributed by atoms with Gasteiger partial charge in [-0.05, 0) is 56.2 Å². The van der Waals surface area contributed by atoms with Gasteiger partial charge < -0.3 is 10.6 Å². The molecule has 0 saturated carbocycles. The summed E-state index contributed by atoms with van der Waals surface area (Å²) in [5.41, 5.74) is 2.94. The van der Waals surface area contributed by atoms with Crippen LogP contribution in [0.4, 0.5) is 5.69 Å². The average molecular weight is 391 g/mol. The van der Waals surface area contributed by atoms with Crippen LogP contribution in [0.1, 0.15) is 30.5 Å². The zero-order valence-corrected chi connectivity index (χ0v) is 16.5. The molecule has 0 heterocycles. The molecule has 0 bridgehead atoms. The van der Waals surface area contributed by atoms with Gasteiger partial charge in [-0.1, -0.05) is 48.0 Å². The van der Waals surface area contributed by atoms with Gasteiger partial charge in [-0.2, -0.15) is 8.42 Å². The summed E-state index contributed by atoms with van der Waals surface area (Å²) in [4.78, 5) is -0.182. The molecule has 0 unspecified atom stereocenters. The van der Waals surface area contributed by atoms with Crippen LogP contribution in [0.15, 0.2) is 47.4 Å². The number of benzene rings is 2. The van der Waals surface area contributed by atoms with Gasteiger partial charge in [0.2, 0.25) is 0 Å². The molecule has 2 aromatic rings. The van der Waals surface area contributed by atoms with Crippen molar-refractivity contribution in [2.24, 2.45) is 0 Å². The zero-order valence-electron chi connectivity index (χ0n) is 14.9. The van der Waals surface area contributed by atoms with Crippen molar-refractivity contribution in [2.75, 3.05) is 5.32 Å². The second-order valence-electron chi connectivity index (χ2n) is 6.22.